The average molecular weight is 318 g/mol. The molecule has 4 heteroatoms. The van der Waals surface area contributed by atoms with Crippen LogP contribution < -0.4 is 0 Å². The molecule has 1 aromatic carbocycles. The average Bonchev–Trinajstić information content (AvgIpc) is 2.48. The fourth-order valence-corrected chi connectivity index (χ4v) is 3.02. The first-order chi connectivity index (χ1) is 10.8. The van der Waals surface area contributed by atoms with Crippen LogP contribution in [0.4, 0.5) is 0 Å². The molecule has 1 aromatic rings. The summed E-state index contributed by atoms with van der Waals surface area (Å²) >= 11 is 0. The first kappa shape index (κ1) is 18.0. The van der Waals surface area contributed by atoms with Gasteiger partial charge in [-0.2, -0.15) is 0 Å². The van der Waals surface area contributed by atoms with Gasteiger partial charge in [0.25, 0.3) is 0 Å². The van der Waals surface area contributed by atoms with Crippen LogP contribution in [0.3, 0.4) is 0 Å². The van der Waals surface area contributed by atoms with Crippen LogP contribution in [0.5, 0.6) is 0 Å². The Morgan fingerprint density at radius 2 is 1.78 bits per heavy atom. The second kappa shape index (κ2) is 7.93. The number of rotatable bonds is 6. The Labute approximate surface area is 140 Å². The molecule has 4 nitrogen and oxygen atoms in total. The van der Waals surface area contributed by atoms with Gasteiger partial charge in [-0.1, -0.05) is 45.0 Å². The molecule has 1 N–H and O–H groups in total. The van der Waals surface area contributed by atoms with Gasteiger partial charge in [-0.15, -0.1) is 0 Å². The number of piperazine rings is 1. The zero-order valence-electron chi connectivity index (χ0n) is 14.7. The molecule has 1 aliphatic heterocycles. The Morgan fingerprint density at radius 3 is 2.39 bits per heavy atom. The van der Waals surface area contributed by atoms with E-state index in [9.17, 15) is 4.79 Å². The Morgan fingerprint density at radius 1 is 1.13 bits per heavy atom. The summed E-state index contributed by atoms with van der Waals surface area (Å²) in [5.74, 6) is -0.692. The maximum atomic E-state index is 10.6. The highest BCUT2D eigenvalue weighted by Gasteiger charge is 2.18. The highest BCUT2D eigenvalue weighted by Crippen LogP contribution is 2.23. The number of carboxylic acid groups (broad SMARTS) is 1. The van der Waals surface area contributed by atoms with Crippen LogP contribution in [-0.4, -0.2) is 53.6 Å². The highest BCUT2D eigenvalue weighted by molar-refractivity contribution is 5.66. The van der Waals surface area contributed by atoms with Crippen molar-refractivity contribution in [1.29, 1.82) is 0 Å². The molecule has 0 aliphatic carbocycles. The van der Waals surface area contributed by atoms with E-state index in [1.807, 2.05) is 0 Å². The Balaban J connectivity index is 1.79. The van der Waals surface area contributed by atoms with Gasteiger partial charge >= 0.3 is 5.97 Å². The monoisotopic (exact) mass is 318 g/mol. The molecule has 0 spiro atoms. The number of carboxylic acids is 1. The molecule has 0 unspecified atom stereocenters. The van der Waals surface area contributed by atoms with Crippen molar-refractivity contribution in [2.45, 2.75) is 45.6 Å². The molecule has 0 aromatic heterocycles. The molecule has 0 saturated carbocycles. The molecule has 128 valence electrons. The number of hydrogen-bond acceptors (Lipinski definition) is 3. The van der Waals surface area contributed by atoms with Crippen LogP contribution in [0, 0.1) is 0 Å². The van der Waals surface area contributed by atoms with E-state index in [0.29, 0.717) is 0 Å². The predicted octanol–water partition coefficient (Wildman–Crippen LogP) is 2.97. The summed E-state index contributed by atoms with van der Waals surface area (Å²) in [4.78, 5) is 15.4. The second-order valence-electron chi connectivity index (χ2n) is 7.57. The standard InChI is InChI=1S/C19H30N2O2/c1-19(2,3)17-7-4-6-16(14-17)15-21-12-10-20(11-13-21)9-5-8-18(22)23/h4,6-7,14H,5,8-13,15H2,1-3H3,(H,22,23). The van der Waals surface area contributed by atoms with Crippen LogP contribution in [-0.2, 0) is 16.8 Å². The fraction of sp³-hybridized carbons (Fsp3) is 0.632. The minimum atomic E-state index is -0.692. The van der Waals surface area contributed by atoms with Crippen molar-refractivity contribution in [2.24, 2.45) is 0 Å². The van der Waals surface area contributed by atoms with Gasteiger partial charge < -0.3 is 10.0 Å². The quantitative estimate of drug-likeness (QED) is 0.876. The molecule has 23 heavy (non-hydrogen) atoms. The van der Waals surface area contributed by atoms with Gasteiger partial charge in [-0.25, -0.2) is 0 Å². The topological polar surface area (TPSA) is 43.8 Å². The summed E-state index contributed by atoms with van der Waals surface area (Å²) in [5.41, 5.74) is 2.97. The maximum absolute atomic E-state index is 10.6. The van der Waals surface area contributed by atoms with Gasteiger partial charge in [-0.3, -0.25) is 9.69 Å². The molecule has 1 fully saturated rings. The van der Waals surface area contributed by atoms with Crippen LogP contribution in [0.15, 0.2) is 24.3 Å². The van der Waals surface area contributed by atoms with E-state index in [0.717, 1.165) is 45.7 Å². The number of aliphatic carboxylic acids is 1. The zero-order chi connectivity index (χ0) is 16.9. The molecule has 0 radical (unpaired) electrons. The van der Waals surface area contributed by atoms with E-state index in [4.69, 9.17) is 5.11 Å². The lowest BCUT2D eigenvalue weighted by Gasteiger charge is -2.34. The Kier molecular flexibility index (Phi) is 6.19. The lowest BCUT2D eigenvalue weighted by Crippen LogP contribution is -2.46. The summed E-state index contributed by atoms with van der Waals surface area (Å²) in [6, 6.07) is 8.93. The summed E-state index contributed by atoms with van der Waals surface area (Å²) in [6.45, 7) is 12.9. The predicted molar refractivity (Wildman–Crippen MR) is 93.7 cm³/mol. The van der Waals surface area contributed by atoms with Crippen molar-refractivity contribution in [3.63, 3.8) is 0 Å². The molecule has 2 rings (SSSR count). The molecule has 0 amide bonds. The molecule has 1 aliphatic rings. The van der Waals surface area contributed by atoms with Gasteiger partial charge in [0.15, 0.2) is 0 Å². The number of carbonyl (C=O) groups is 1. The van der Waals surface area contributed by atoms with Crippen molar-refractivity contribution >= 4 is 5.97 Å². The first-order valence-electron chi connectivity index (χ1n) is 8.60. The Hall–Kier alpha value is -1.39. The Bertz CT molecular complexity index is 514. The van der Waals surface area contributed by atoms with Crippen molar-refractivity contribution in [1.82, 2.24) is 9.80 Å². The van der Waals surface area contributed by atoms with Gasteiger partial charge in [0, 0.05) is 39.1 Å². The smallest absolute Gasteiger partial charge is 0.303 e. The van der Waals surface area contributed by atoms with Crippen molar-refractivity contribution in [3.05, 3.63) is 35.4 Å². The molecule has 1 heterocycles. The van der Waals surface area contributed by atoms with Crippen molar-refractivity contribution in [3.8, 4) is 0 Å². The van der Waals surface area contributed by atoms with E-state index < -0.39 is 5.97 Å². The lowest BCUT2D eigenvalue weighted by atomic mass is 9.86. The molecule has 0 atom stereocenters. The zero-order valence-corrected chi connectivity index (χ0v) is 14.7. The van der Waals surface area contributed by atoms with Crippen molar-refractivity contribution < 1.29 is 9.90 Å². The van der Waals surface area contributed by atoms with Crippen molar-refractivity contribution in [2.75, 3.05) is 32.7 Å². The minimum absolute atomic E-state index is 0.193. The molecule has 1 saturated heterocycles. The van der Waals surface area contributed by atoms with Gasteiger partial charge in [0.1, 0.15) is 0 Å². The molecular formula is C19H30N2O2. The van der Waals surface area contributed by atoms with E-state index in [-0.39, 0.29) is 11.8 Å². The largest absolute Gasteiger partial charge is 0.481 e. The number of nitrogens with zero attached hydrogens (tertiary/aromatic N) is 2. The summed E-state index contributed by atoms with van der Waals surface area (Å²) in [6.07, 6.45) is 1.03. The van der Waals surface area contributed by atoms with Crippen LogP contribution in [0.2, 0.25) is 0 Å². The van der Waals surface area contributed by atoms with E-state index in [1.165, 1.54) is 11.1 Å². The van der Waals surface area contributed by atoms with Gasteiger partial charge in [0.2, 0.25) is 0 Å². The maximum Gasteiger partial charge on any atom is 0.303 e. The summed E-state index contributed by atoms with van der Waals surface area (Å²) < 4.78 is 0. The molecule has 0 bridgehead atoms. The van der Waals surface area contributed by atoms with Crippen LogP contribution in [0.1, 0.15) is 44.7 Å². The van der Waals surface area contributed by atoms with E-state index in [2.05, 4.69) is 54.8 Å². The van der Waals surface area contributed by atoms with E-state index >= 15 is 0 Å². The van der Waals surface area contributed by atoms with Gasteiger partial charge in [-0.05, 0) is 29.5 Å². The highest BCUT2D eigenvalue weighted by atomic mass is 16.4. The third kappa shape index (κ3) is 5.96. The first-order valence-corrected chi connectivity index (χ1v) is 8.60. The van der Waals surface area contributed by atoms with E-state index in [1.54, 1.807) is 0 Å². The number of benzene rings is 1. The third-order valence-electron chi connectivity index (χ3n) is 4.53. The van der Waals surface area contributed by atoms with Crippen LogP contribution in [0.25, 0.3) is 0 Å². The second-order valence-corrected chi connectivity index (χ2v) is 7.57. The third-order valence-corrected chi connectivity index (χ3v) is 4.53. The normalized spacial score (nSPS) is 17.3. The molecular weight excluding hydrogens is 288 g/mol. The summed E-state index contributed by atoms with van der Waals surface area (Å²) in [7, 11) is 0. The van der Waals surface area contributed by atoms with Gasteiger partial charge in [0.05, 0.1) is 0 Å². The SMILES string of the molecule is CC(C)(C)c1cccc(CN2CCN(CCCC(=O)O)CC2)c1. The lowest BCUT2D eigenvalue weighted by molar-refractivity contribution is -0.137. The fourth-order valence-electron chi connectivity index (χ4n) is 3.02. The minimum Gasteiger partial charge on any atom is -0.481 e. The number of hydrogen-bond donors (Lipinski definition) is 1. The van der Waals surface area contributed by atoms with Crippen LogP contribution >= 0.6 is 0 Å². The summed E-state index contributed by atoms with van der Waals surface area (Å²) in [5, 5.41) is 8.70.